The van der Waals surface area contributed by atoms with E-state index in [0.717, 1.165) is 17.5 Å². The summed E-state index contributed by atoms with van der Waals surface area (Å²) in [6.07, 6.45) is 4.53. The van der Waals surface area contributed by atoms with Gasteiger partial charge in [-0.2, -0.15) is 0 Å². The van der Waals surface area contributed by atoms with E-state index >= 15 is 0 Å². The Balaban J connectivity index is 1.79. The van der Waals surface area contributed by atoms with Crippen LogP contribution in [0.15, 0.2) is 67.0 Å². The molecule has 3 heteroatoms. The lowest BCUT2D eigenvalue weighted by Crippen LogP contribution is -1.93. The van der Waals surface area contributed by atoms with Crippen LogP contribution in [0.4, 0.5) is 0 Å². The molecular weight excluding hydrogens is 248 g/mol. The fourth-order valence-electron chi connectivity index (χ4n) is 2.04. The zero-order valence-corrected chi connectivity index (χ0v) is 10.9. The second kappa shape index (κ2) is 5.53. The van der Waals surface area contributed by atoms with Gasteiger partial charge in [-0.25, -0.2) is 9.97 Å². The molecule has 0 aliphatic rings. The van der Waals surface area contributed by atoms with Gasteiger partial charge < -0.3 is 5.11 Å². The predicted octanol–water partition coefficient (Wildman–Crippen LogP) is 3.44. The average Bonchev–Trinajstić information content (AvgIpc) is 2.50. The molecule has 98 valence electrons. The van der Waals surface area contributed by atoms with E-state index in [1.54, 1.807) is 12.1 Å². The van der Waals surface area contributed by atoms with E-state index in [0.29, 0.717) is 5.82 Å². The summed E-state index contributed by atoms with van der Waals surface area (Å²) in [4.78, 5) is 8.76. The van der Waals surface area contributed by atoms with Gasteiger partial charge in [-0.1, -0.05) is 30.3 Å². The molecule has 0 fully saturated rings. The number of hydrogen-bond donors (Lipinski definition) is 1. The summed E-state index contributed by atoms with van der Waals surface area (Å²) >= 11 is 0. The highest BCUT2D eigenvalue weighted by molar-refractivity contribution is 5.55. The molecule has 3 nitrogen and oxygen atoms in total. The van der Waals surface area contributed by atoms with Crippen molar-refractivity contribution in [1.29, 1.82) is 0 Å². The van der Waals surface area contributed by atoms with E-state index in [2.05, 4.69) is 22.1 Å². The number of phenols is 1. The standard InChI is InChI=1S/C17H14N2O/c20-16-8-6-15(7-9-16)17-18-11-14(12-19-17)10-13-4-2-1-3-5-13/h1-9,11-12,20H,10H2. The highest BCUT2D eigenvalue weighted by Gasteiger charge is 2.02. The normalized spacial score (nSPS) is 10.4. The van der Waals surface area contributed by atoms with Gasteiger partial charge in [0.15, 0.2) is 5.82 Å². The molecule has 3 aromatic rings. The van der Waals surface area contributed by atoms with Crippen molar-refractivity contribution >= 4 is 0 Å². The Morgan fingerprint density at radius 3 is 2.05 bits per heavy atom. The van der Waals surface area contributed by atoms with Crippen LogP contribution < -0.4 is 0 Å². The third kappa shape index (κ3) is 2.83. The first kappa shape index (κ1) is 12.4. The van der Waals surface area contributed by atoms with Gasteiger partial charge in [0.1, 0.15) is 5.75 Å². The topological polar surface area (TPSA) is 46.0 Å². The molecular formula is C17H14N2O. The highest BCUT2D eigenvalue weighted by Crippen LogP contribution is 2.18. The number of phenolic OH excluding ortho intramolecular Hbond substituents is 1. The van der Waals surface area contributed by atoms with Crippen LogP contribution in [0.3, 0.4) is 0 Å². The molecule has 0 aliphatic heterocycles. The predicted molar refractivity (Wildman–Crippen MR) is 78.4 cm³/mol. The van der Waals surface area contributed by atoms with Crippen LogP contribution in [0.2, 0.25) is 0 Å². The number of aromatic nitrogens is 2. The number of rotatable bonds is 3. The Hall–Kier alpha value is -2.68. The Labute approximate surface area is 117 Å². The zero-order chi connectivity index (χ0) is 13.8. The molecule has 2 aromatic carbocycles. The molecule has 1 N–H and O–H groups in total. The molecule has 0 saturated carbocycles. The number of benzene rings is 2. The monoisotopic (exact) mass is 262 g/mol. The van der Waals surface area contributed by atoms with Crippen molar-refractivity contribution in [3.05, 3.63) is 78.1 Å². The van der Waals surface area contributed by atoms with Crippen LogP contribution in [-0.4, -0.2) is 15.1 Å². The molecule has 0 unspecified atom stereocenters. The van der Waals surface area contributed by atoms with Gasteiger partial charge in [0.05, 0.1) is 0 Å². The molecule has 3 rings (SSSR count). The summed E-state index contributed by atoms with van der Waals surface area (Å²) < 4.78 is 0. The van der Waals surface area contributed by atoms with Crippen LogP contribution in [0.25, 0.3) is 11.4 Å². The summed E-state index contributed by atoms with van der Waals surface area (Å²) in [5.41, 5.74) is 3.22. The van der Waals surface area contributed by atoms with Crippen LogP contribution in [-0.2, 0) is 6.42 Å². The molecule has 1 heterocycles. The van der Waals surface area contributed by atoms with E-state index in [1.807, 2.05) is 42.7 Å². The van der Waals surface area contributed by atoms with Crippen molar-refractivity contribution in [1.82, 2.24) is 9.97 Å². The van der Waals surface area contributed by atoms with Gasteiger partial charge in [0, 0.05) is 24.4 Å². The number of hydrogen-bond acceptors (Lipinski definition) is 3. The molecule has 1 aromatic heterocycles. The maximum atomic E-state index is 9.27. The molecule has 0 aliphatic carbocycles. The Morgan fingerprint density at radius 2 is 1.40 bits per heavy atom. The minimum absolute atomic E-state index is 0.245. The maximum absolute atomic E-state index is 9.27. The lowest BCUT2D eigenvalue weighted by molar-refractivity contribution is 0.475. The maximum Gasteiger partial charge on any atom is 0.159 e. The molecule has 0 radical (unpaired) electrons. The summed E-state index contributed by atoms with van der Waals surface area (Å²) in [5, 5.41) is 9.27. The number of aromatic hydroxyl groups is 1. The second-order valence-corrected chi connectivity index (χ2v) is 4.62. The highest BCUT2D eigenvalue weighted by atomic mass is 16.3. The lowest BCUT2D eigenvalue weighted by atomic mass is 10.1. The first-order valence-corrected chi connectivity index (χ1v) is 6.45. The van der Waals surface area contributed by atoms with E-state index in [4.69, 9.17) is 0 Å². The Morgan fingerprint density at radius 1 is 0.750 bits per heavy atom. The number of nitrogens with zero attached hydrogens (tertiary/aromatic N) is 2. The molecule has 20 heavy (non-hydrogen) atoms. The fourth-order valence-corrected chi connectivity index (χ4v) is 2.04. The summed E-state index contributed by atoms with van der Waals surface area (Å²) in [5.74, 6) is 0.913. The van der Waals surface area contributed by atoms with E-state index < -0.39 is 0 Å². The van der Waals surface area contributed by atoms with Gasteiger partial charge in [-0.3, -0.25) is 0 Å². The lowest BCUT2D eigenvalue weighted by Gasteiger charge is -2.03. The first-order chi connectivity index (χ1) is 9.81. The first-order valence-electron chi connectivity index (χ1n) is 6.45. The quantitative estimate of drug-likeness (QED) is 0.786. The summed E-state index contributed by atoms with van der Waals surface area (Å²) in [7, 11) is 0. The Bertz CT molecular complexity index is 676. The average molecular weight is 262 g/mol. The van der Waals surface area contributed by atoms with Gasteiger partial charge in [-0.15, -0.1) is 0 Å². The van der Waals surface area contributed by atoms with Crippen molar-refractivity contribution in [2.75, 3.05) is 0 Å². The van der Waals surface area contributed by atoms with Crippen molar-refractivity contribution < 1.29 is 5.11 Å². The van der Waals surface area contributed by atoms with Gasteiger partial charge in [0.25, 0.3) is 0 Å². The molecule has 0 spiro atoms. The third-order valence-corrected chi connectivity index (χ3v) is 3.08. The Kier molecular flexibility index (Phi) is 3.42. The van der Waals surface area contributed by atoms with Crippen molar-refractivity contribution in [2.24, 2.45) is 0 Å². The van der Waals surface area contributed by atoms with E-state index in [1.165, 1.54) is 5.56 Å². The minimum Gasteiger partial charge on any atom is -0.508 e. The van der Waals surface area contributed by atoms with Gasteiger partial charge in [0.2, 0.25) is 0 Å². The minimum atomic E-state index is 0.245. The largest absolute Gasteiger partial charge is 0.508 e. The van der Waals surface area contributed by atoms with Crippen LogP contribution in [0.5, 0.6) is 5.75 Å². The summed E-state index contributed by atoms with van der Waals surface area (Å²) in [6.45, 7) is 0. The van der Waals surface area contributed by atoms with Crippen molar-refractivity contribution in [3.8, 4) is 17.1 Å². The SMILES string of the molecule is Oc1ccc(-c2ncc(Cc3ccccc3)cn2)cc1. The van der Waals surface area contributed by atoms with Gasteiger partial charge >= 0.3 is 0 Å². The smallest absolute Gasteiger partial charge is 0.159 e. The third-order valence-electron chi connectivity index (χ3n) is 3.08. The molecule has 0 atom stereocenters. The van der Waals surface area contributed by atoms with Crippen LogP contribution in [0.1, 0.15) is 11.1 Å². The molecule has 0 bridgehead atoms. The fraction of sp³-hybridized carbons (Fsp3) is 0.0588. The van der Waals surface area contributed by atoms with Crippen molar-refractivity contribution in [2.45, 2.75) is 6.42 Å². The van der Waals surface area contributed by atoms with Gasteiger partial charge in [-0.05, 0) is 35.4 Å². The second-order valence-electron chi connectivity index (χ2n) is 4.62. The van der Waals surface area contributed by atoms with Crippen molar-refractivity contribution in [3.63, 3.8) is 0 Å². The molecule has 0 saturated heterocycles. The zero-order valence-electron chi connectivity index (χ0n) is 10.9. The molecule has 0 amide bonds. The van der Waals surface area contributed by atoms with Crippen LogP contribution in [0, 0.1) is 0 Å². The van der Waals surface area contributed by atoms with E-state index in [9.17, 15) is 5.11 Å². The summed E-state index contributed by atoms with van der Waals surface area (Å²) in [6, 6.07) is 17.1. The van der Waals surface area contributed by atoms with Crippen LogP contribution >= 0.6 is 0 Å². The van der Waals surface area contributed by atoms with E-state index in [-0.39, 0.29) is 5.75 Å².